The SMILES string of the molecule is C.C.C=Cc1cnc(Cl)c(Cl)c1.CP(Br)(c1ccccc1)(c1ccccc1)c1ccccc1.C[Si](C)(C)[N-][Si](C)(C)C.O=Cc1cnc(Cl)c(Cl)c1.[K+]. The Hall–Kier alpha value is -0.530. The Kier molecular flexibility index (Phi) is 25.7. The third-order valence-electron chi connectivity index (χ3n) is 6.79. The van der Waals surface area contributed by atoms with Crippen LogP contribution in [0.25, 0.3) is 10.7 Å². The van der Waals surface area contributed by atoms with Crippen molar-refractivity contribution >= 4 is 112 Å². The quantitative estimate of drug-likeness (QED) is 0.0707. The number of hydrogen-bond donors (Lipinski definition) is 0. The molecule has 3 aromatic carbocycles. The van der Waals surface area contributed by atoms with Crippen LogP contribution in [0.1, 0.15) is 30.8 Å². The summed E-state index contributed by atoms with van der Waals surface area (Å²) in [5.41, 5.74) is 1.30. The van der Waals surface area contributed by atoms with Gasteiger partial charge in [0.15, 0.2) is 6.29 Å². The normalized spacial score (nSPS) is 11.2. The van der Waals surface area contributed by atoms with Gasteiger partial charge >= 0.3 is 186 Å². The summed E-state index contributed by atoms with van der Waals surface area (Å²) in [7, 11) is -2.21. The molecule has 53 heavy (non-hydrogen) atoms. The number of aldehydes is 1. The molecule has 2 heterocycles. The molecule has 0 unspecified atom stereocenters. The standard InChI is InChI=1S/C19H18BrP.C7H5Cl2N.C6H3Cl2NO.C6H18NSi2.2CH4.K/c1-21(20,17-11-5-2-6-12-17,18-13-7-3-8-14-18)19-15-9-4-10-16-19;1-2-5-3-6(8)7(9)10-4-5;7-5-1-4(3-10)2-9-6(5)8;1-8(2,3)7-9(4,5)6;;;/h2-16H,1H3;2-4H,1H2;1-3H;1-6H3;2*1H4;/q;;;-1;;;+1. The molecule has 2 aromatic heterocycles. The maximum atomic E-state index is 10.1. The Morgan fingerprint density at radius 1 is 0.642 bits per heavy atom. The predicted octanol–water partition coefficient (Wildman–Crippen LogP) is 11.0. The molecule has 0 bridgehead atoms. The molecule has 0 radical (unpaired) electrons. The van der Waals surface area contributed by atoms with Gasteiger partial charge in [-0.25, -0.2) is 9.97 Å². The molecular weight excluding hydrogens is 886 g/mol. The number of carbonyl (C=O) groups is 1. The zero-order valence-corrected chi connectivity index (χ0v) is 41.0. The first kappa shape index (κ1) is 54.6. The van der Waals surface area contributed by atoms with E-state index < -0.39 is 21.8 Å². The fourth-order valence-electron chi connectivity index (χ4n) is 4.85. The van der Waals surface area contributed by atoms with Crippen molar-refractivity contribution in [1.82, 2.24) is 9.97 Å². The van der Waals surface area contributed by atoms with E-state index in [4.69, 9.17) is 51.1 Å². The van der Waals surface area contributed by atoms with Gasteiger partial charge in [0, 0.05) is 18.0 Å². The minimum Gasteiger partial charge on any atom is -0.668 e. The van der Waals surface area contributed by atoms with Crippen molar-refractivity contribution in [3.63, 3.8) is 0 Å². The van der Waals surface area contributed by atoms with Crippen molar-refractivity contribution in [2.24, 2.45) is 0 Å². The van der Waals surface area contributed by atoms with E-state index in [0.717, 1.165) is 5.56 Å². The van der Waals surface area contributed by atoms with E-state index in [-0.39, 0.29) is 71.4 Å². The topological polar surface area (TPSA) is 57.0 Å². The van der Waals surface area contributed by atoms with E-state index in [0.29, 0.717) is 27.0 Å². The molecule has 13 heteroatoms. The van der Waals surface area contributed by atoms with Crippen molar-refractivity contribution in [3.05, 3.63) is 158 Å². The van der Waals surface area contributed by atoms with Gasteiger partial charge in [0.25, 0.3) is 0 Å². The summed E-state index contributed by atoms with van der Waals surface area (Å²) in [5.74, 6) is 0. The Balaban J connectivity index is 0. The third kappa shape index (κ3) is 18.1. The molecule has 0 amide bonds. The minimum atomic E-state index is -2.56. The molecule has 0 aliphatic rings. The third-order valence-corrected chi connectivity index (χ3v) is 21.8. The van der Waals surface area contributed by atoms with Crippen LogP contribution in [-0.2, 0) is 0 Å². The van der Waals surface area contributed by atoms with E-state index in [1.807, 2.05) is 0 Å². The van der Waals surface area contributed by atoms with Crippen LogP contribution in [0, 0.1) is 0 Å². The van der Waals surface area contributed by atoms with Crippen molar-refractivity contribution in [3.8, 4) is 0 Å². The number of rotatable bonds is 7. The molecule has 0 aliphatic carbocycles. The molecule has 0 saturated heterocycles. The van der Waals surface area contributed by atoms with Gasteiger partial charge in [-0.3, -0.25) is 4.79 Å². The minimum absolute atomic E-state index is 0. The fourth-order valence-corrected chi connectivity index (χ4v) is 19.1. The van der Waals surface area contributed by atoms with Gasteiger partial charge < -0.3 is 4.65 Å². The first-order valence-corrected chi connectivity index (χ1v) is 28.7. The number of halogens is 5. The van der Waals surface area contributed by atoms with Gasteiger partial charge in [0.05, 0.1) is 10.0 Å². The van der Waals surface area contributed by atoms with Crippen LogP contribution in [0.2, 0.25) is 59.6 Å². The monoisotopic (exact) mass is 935 g/mol. The van der Waals surface area contributed by atoms with Crippen LogP contribution in [0.5, 0.6) is 0 Å². The molecule has 5 rings (SSSR count). The van der Waals surface area contributed by atoms with Crippen molar-refractivity contribution in [2.75, 3.05) is 6.66 Å². The Morgan fingerprint density at radius 3 is 1.19 bits per heavy atom. The van der Waals surface area contributed by atoms with Gasteiger partial charge in [-0.1, -0.05) is 130 Å². The van der Waals surface area contributed by atoms with Crippen LogP contribution >= 0.6 is 67.2 Å². The van der Waals surface area contributed by atoms with Crippen molar-refractivity contribution in [2.45, 2.75) is 54.1 Å². The summed E-state index contributed by atoms with van der Waals surface area (Å²) in [6, 6.07) is 35.5. The summed E-state index contributed by atoms with van der Waals surface area (Å²) in [4.78, 5) is 17.6. The number of benzene rings is 3. The molecule has 0 N–H and O–H groups in total. The predicted molar refractivity (Wildman–Crippen MR) is 248 cm³/mol. The Bertz CT molecular complexity index is 1660. The van der Waals surface area contributed by atoms with Gasteiger partial charge in [-0.15, -0.1) is 0 Å². The summed E-state index contributed by atoms with van der Waals surface area (Å²) in [6.07, 6.45) is 5.30. The van der Waals surface area contributed by atoms with Gasteiger partial charge in [-0.05, 0) is 17.7 Å². The van der Waals surface area contributed by atoms with Crippen molar-refractivity contribution < 1.29 is 56.2 Å². The van der Waals surface area contributed by atoms with E-state index in [1.54, 1.807) is 18.3 Å². The number of aromatic nitrogens is 2. The number of hydrogen-bond acceptors (Lipinski definition) is 3. The average molecular weight is 939 g/mol. The van der Waals surface area contributed by atoms with Gasteiger partial charge in [-0.2, -0.15) is 0 Å². The first-order chi connectivity index (χ1) is 23.3. The number of nitrogens with zero attached hydrogens (tertiary/aromatic N) is 3. The summed E-state index contributed by atoms with van der Waals surface area (Å²) in [6.45, 7) is 19.7. The van der Waals surface area contributed by atoms with Crippen LogP contribution in [0.3, 0.4) is 0 Å². The zero-order chi connectivity index (χ0) is 37.6. The van der Waals surface area contributed by atoms with Crippen LogP contribution in [0.15, 0.2) is 122 Å². The molecule has 5 aromatic rings. The van der Waals surface area contributed by atoms with Crippen molar-refractivity contribution in [1.29, 1.82) is 0 Å². The maximum Gasteiger partial charge on any atom is 1.00 e. The second kappa shape index (κ2) is 25.0. The molecular formula is C40H52BrCl4KN3OPSi2. The van der Waals surface area contributed by atoms with Crippen LogP contribution < -0.4 is 67.3 Å². The molecule has 0 spiro atoms. The first-order valence-electron chi connectivity index (χ1n) is 15.6. The number of carbonyl (C=O) groups excluding carboxylic acids is 1. The van der Waals surface area contributed by atoms with E-state index >= 15 is 0 Å². The summed E-state index contributed by atoms with van der Waals surface area (Å²) < 4.78 is 4.82. The van der Waals surface area contributed by atoms with Gasteiger partial charge in [0.2, 0.25) is 0 Å². The molecule has 4 nitrogen and oxygen atoms in total. The Morgan fingerprint density at radius 2 is 0.943 bits per heavy atom. The summed E-state index contributed by atoms with van der Waals surface area (Å²) >= 11 is 26.5. The van der Waals surface area contributed by atoms with E-state index in [9.17, 15) is 4.79 Å². The molecule has 282 valence electrons. The Labute approximate surface area is 392 Å². The fraction of sp³-hybridized carbons (Fsp3) is 0.225. The van der Waals surface area contributed by atoms with E-state index in [2.05, 4.69) is 169 Å². The smallest absolute Gasteiger partial charge is 0.668 e. The molecule has 0 saturated carbocycles. The van der Waals surface area contributed by atoms with Gasteiger partial charge in [0.1, 0.15) is 10.3 Å². The largest absolute Gasteiger partial charge is 1.00 e. The average Bonchev–Trinajstić information content (AvgIpc) is 3.08. The maximum absolute atomic E-state index is 10.1. The van der Waals surface area contributed by atoms with Crippen LogP contribution in [-0.4, -0.2) is 39.4 Å². The molecule has 0 fully saturated rings. The number of pyridine rings is 2. The zero-order valence-electron chi connectivity index (χ0n) is 30.4. The van der Waals surface area contributed by atoms with Crippen LogP contribution in [0.4, 0.5) is 0 Å². The molecule has 0 aliphatic heterocycles. The van der Waals surface area contributed by atoms with E-state index in [1.165, 1.54) is 28.2 Å². The second-order valence-electron chi connectivity index (χ2n) is 13.3. The second-order valence-corrected chi connectivity index (χ2v) is 34.1. The summed E-state index contributed by atoms with van der Waals surface area (Å²) in [5, 5.41) is 2.78. The molecule has 0 atom stereocenters.